The molecule has 172 valence electrons. The van der Waals surface area contributed by atoms with Crippen molar-refractivity contribution in [1.29, 1.82) is 0 Å². The van der Waals surface area contributed by atoms with Crippen molar-refractivity contribution in [3.8, 4) is 5.75 Å². The summed E-state index contributed by atoms with van der Waals surface area (Å²) < 4.78 is 11.2. The van der Waals surface area contributed by atoms with Crippen LogP contribution in [0.25, 0.3) is 0 Å². The SMILES string of the molecule is CC(C)Oc1cccc(CN2CCC(c3ccc(C(=O)N4CCOCC4)c(N)n3)CC2)c1. The molecule has 1 aromatic heterocycles. The molecular formula is C25H34N4O3. The molecule has 7 nitrogen and oxygen atoms in total. The number of nitrogen functional groups attached to an aromatic ring is 1. The highest BCUT2D eigenvalue weighted by atomic mass is 16.5. The number of morpholine rings is 1. The quantitative estimate of drug-likeness (QED) is 0.745. The molecule has 0 spiro atoms. The fourth-order valence-corrected chi connectivity index (χ4v) is 4.47. The summed E-state index contributed by atoms with van der Waals surface area (Å²) in [4.78, 5) is 21.6. The Labute approximate surface area is 190 Å². The van der Waals surface area contributed by atoms with E-state index >= 15 is 0 Å². The Morgan fingerprint density at radius 2 is 1.91 bits per heavy atom. The standard InChI is InChI=1S/C25H34N4O3/c1-18(2)32-21-5-3-4-19(16-21)17-28-10-8-20(9-11-28)23-7-6-22(24(26)27-23)25(30)29-12-14-31-15-13-29/h3-7,16,18,20H,8-15,17H2,1-2H3,(H2,26,27). The Hall–Kier alpha value is -2.64. The molecule has 4 rings (SSSR count). The van der Waals surface area contributed by atoms with E-state index in [2.05, 4.69) is 28.1 Å². The maximum Gasteiger partial charge on any atom is 0.257 e. The summed E-state index contributed by atoms with van der Waals surface area (Å²) >= 11 is 0. The van der Waals surface area contributed by atoms with Gasteiger partial charge in [-0.1, -0.05) is 12.1 Å². The first kappa shape index (κ1) is 22.6. The Balaban J connectivity index is 1.33. The van der Waals surface area contributed by atoms with Crippen molar-refractivity contribution >= 4 is 11.7 Å². The Morgan fingerprint density at radius 1 is 1.16 bits per heavy atom. The van der Waals surface area contributed by atoms with Gasteiger partial charge in [0.05, 0.1) is 24.9 Å². The topological polar surface area (TPSA) is 80.9 Å². The Morgan fingerprint density at radius 3 is 2.59 bits per heavy atom. The van der Waals surface area contributed by atoms with Crippen molar-refractivity contribution in [3.05, 3.63) is 53.2 Å². The number of carbonyl (C=O) groups is 1. The second-order valence-electron chi connectivity index (χ2n) is 8.94. The monoisotopic (exact) mass is 438 g/mol. The van der Waals surface area contributed by atoms with E-state index in [1.165, 1.54) is 5.56 Å². The average molecular weight is 439 g/mol. The lowest BCUT2D eigenvalue weighted by molar-refractivity contribution is 0.0303. The summed E-state index contributed by atoms with van der Waals surface area (Å²) in [7, 11) is 0. The molecule has 2 N–H and O–H groups in total. The molecule has 3 heterocycles. The number of anilines is 1. The number of nitrogens with zero attached hydrogens (tertiary/aromatic N) is 3. The molecule has 0 unspecified atom stereocenters. The molecule has 32 heavy (non-hydrogen) atoms. The maximum absolute atomic E-state index is 12.7. The molecule has 0 radical (unpaired) electrons. The van der Waals surface area contributed by atoms with Crippen LogP contribution < -0.4 is 10.5 Å². The number of likely N-dealkylation sites (tertiary alicyclic amines) is 1. The minimum atomic E-state index is -0.0525. The lowest BCUT2D eigenvalue weighted by atomic mass is 9.92. The summed E-state index contributed by atoms with van der Waals surface area (Å²) in [6, 6.07) is 12.2. The summed E-state index contributed by atoms with van der Waals surface area (Å²) in [5.74, 6) is 1.59. The molecular weight excluding hydrogens is 404 g/mol. The third kappa shape index (κ3) is 5.58. The molecule has 0 bridgehead atoms. The largest absolute Gasteiger partial charge is 0.491 e. The molecule has 0 atom stereocenters. The molecule has 1 amide bonds. The van der Waals surface area contributed by atoms with E-state index in [1.807, 2.05) is 32.0 Å². The van der Waals surface area contributed by atoms with E-state index in [9.17, 15) is 4.79 Å². The lowest BCUT2D eigenvalue weighted by Crippen LogP contribution is -2.41. The molecule has 2 aliphatic rings. The van der Waals surface area contributed by atoms with Crippen LogP contribution in [0.5, 0.6) is 5.75 Å². The molecule has 2 aromatic rings. The molecule has 2 saturated heterocycles. The molecule has 2 fully saturated rings. The number of ether oxygens (including phenoxy) is 2. The van der Waals surface area contributed by atoms with Crippen LogP contribution in [0.4, 0.5) is 5.82 Å². The zero-order valence-corrected chi connectivity index (χ0v) is 19.1. The molecule has 0 aliphatic carbocycles. The van der Waals surface area contributed by atoms with Gasteiger partial charge in [0.1, 0.15) is 11.6 Å². The van der Waals surface area contributed by atoms with E-state index in [4.69, 9.17) is 15.2 Å². The number of nitrogens with two attached hydrogens (primary N) is 1. The first-order chi connectivity index (χ1) is 15.5. The zero-order chi connectivity index (χ0) is 22.5. The molecule has 1 aromatic carbocycles. The second-order valence-corrected chi connectivity index (χ2v) is 8.94. The number of aromatic nitrogens is 1. The average Bonchev–Trinajstić information content (AvgIpc) is 2.79. The number of hydrogen-bond acceptors (Lipinski definition) is 6. The van der Waals surface area contributed by atoms with Crippen molar-refractivity contribution < 1.29 is 14.3 Å². The van der Waals surface area contributed by atoms with Crippen LogP contribution in [0.1, 0.15) is 54.2 Å². The number of rotatable bonds is 6. The van der Waals surface area contributed by atoms with Crippen LogP contribution >= 0.6 is 0 Å². The number of piperidine rings is 1. The summed E-state index contributed by atoms with van der Waals surface area (Å²) in [6.45, 7) is 9.38. The van der Waals surface area contributed by atoms with Gasteiger partial charge in [-0.15, -0.1) is 0 Å². The van der Waals surface area contributed by atoms with Crippen LogP contribution in [0.2, 0.25) is 0 Å². The molecule has 0 saturated carbocycles. The van der Waals surface area contributed by atoms with E-state index in [0.717, 1.165) is 43.9 Å². The third-order valence-corrected chi connectivity index (χ3v) is 6.16. The Bertz CT molecular complexity index is 919. The minimum Gasteiger partial charge on any atom is -0.491 e. The van der Waals surface area contributed by atoms with Gasteiger partial charge >= 0.3 is 0 Å². The lowest BCUT2D eigenvalue weighted by Gasteiger charge is -2.32. The first-order valence-electron chi connectivity index (χ1n) is 11.6. The maximum atomic E-state index is 12.7. The highest BCUT2D eigenvalue weighted by Gasteiger charge is 2.25. The fourth-order valence-electron chi connectivity index (χ4n) is 4.47. The predicted molar refractivity (Wildman–Crippen MR) is 125 cm³/mol. The van der Waals surface area contributed by atoms with Gasteiger partial charge in [-0.05, 0) is 69.6 Å². The predicted octanol–water partition coefficient (Wildman–Crippen LogP) is 3.30. The van der Waals surface area contributed by atoms with Gasteiger partial charge in [0.2, 0.25) is 0 Å². The van der Waals surface area contributed by atoms with Crippen molar-refractivity contribution in [2.45, 2.75) is 45.3 Å². The Kier molecular flexibility index (Phi) is 7.27. The number of benzene rings is 1. The van der Waals surface area contributed by atoms with Gasteiger partial charge < -0.3 is 20.1 Å². The van der Waals surface area contributed by atoms with Crippen LogP contribution in [0.15, 0.2) is 36.4 Å². The number of amides is 1. The van der Waals surface area contributed by atoms with Crippen molar-refractivity contribution in [2.75, 3.05) is 45.1 Å². The number of hydrogen-bond donors (Lipinski definition) is 1. The van der Waals surface area contributed by atoms with Crippen LogP contribution in [-0.4, -0.2) is 66.2 Å². The van der Waals surface area contributed by atoms with Crippen molar-refractivity contribution in [2.24, 2.45) is 0 Å². The van der Waals surface area contributed by atoms with Gasteiger partial charge in [0.25, 0.3) is 5.91 Å². The number of carbonyl (C=O) groups excluding carboxylic acids is 1. The van der Waals surface area contributed by atoms with E-state index in [1.54, 1.807) is 4.90 Å². The molecule has 2 aliphatic heterocycles. The first-order valence-corrected chi connectivity index (χ1v) is 11.6. The molecule has 7 heteroatoms. The zero-order valence-electron chi connectivity index (χ0n) is 19.1. The van der Waals surface area contributed by atoms with Gasteiger partial charge in [0, 0.05) is 31.2 Å². The van der Waals surface area contributed by atoms with E-state index < -0.39 is 0 Å². The van der Waals surface area contributed by atoms with Crippen LogP contribution in [0, 0.1) is 0 Å². The highest BCUT2D eigenvalue weighted by molar-refractivity contribution is 5.98. The van der Waals surface area contributed by atoms with Gasteiger partial charge in [-0.3, -0.25) is 9.69 Å². The fraction of sp³-hybridized carbons (Fsp3) is 0.520. The van der Waals surface area contributed by atoms with E-state index in [0.29, 0.717) is 43.6 Å². The van der Waals surface area contributed by atoms with Gasteiger partial charge in [-0.25, -0.2) is 4.98 Å². The van der Waals surface area contributed by atoms with Crippen LogP contribution in [0.3, 0.4) is 0 Å². The van der Waals surface area contributed by atoms with Gasteiger partial charge in [0.15, 0.2) is 0 Å². The normalized spacial score (nSPS) is 18.2. The van der Waals surface area contributed by atoms with Crippen LogP contribution in [-0.2, 0) is 11.3 Å². The number of pyridine rings is 1. The smallest absolute Gasteiger partial charge is 0.257 e. The minimum absolute atomic E-state index is 0.0525. The summed E-state index contributed by atoms with van der Waals surface area (Å²) in [5.41, 5.74) is 8.96. The second kappa shape index (κ2) is 10.3. The van der Waals surface area contributed by atoms with Crippen molar-refractivity contribution in [3.63, 3.8) is 0 Å². The summed E-state index contributed by atoms with van der Waals surface area (Å²) in [6.07, 6.45) is 2.24. The highest BCUT2D eigenvalue weighted by Crippen LogP contribution is 2.29. The van der Waals surface area contributed by atoms with E-state index in [-0.39, 0.29) is 12.0 Å². The third-order valence-electron chi connectivity index (χ3n) is 6.16. The van der Waals surface area contributed by atoms with Crippen molar-refractivity contribution in [1.82, 2.24) is 14.8 Å². The van der Waals surface area contributed by atoms with Gasteiger partial charge in [-0.2, -0.15) is 0 Å². The summed E-state index contributed by atoms with van der Waals surface area (Å²) in [5, 5.41) is 0.